The van der Waals surface area contributed by atoms with Crippen molar-refractivity contribution in [3.63, 3.8) is 0 Å². The maximum atomic E-state index is 13.6. The van der Waals surface area contributed by atoms with Gasteiger partial charge in [0.25, 0.3) is 0 Å². The molecular formula is C20H19F5N2O. The van der Waals surface area contributed by atoms with E-state index in [-0.39, 0.29) is 22.7 Å². The van der Waals surface area contributed by atoms with Gasteiger partial charge in [0.15, 0.2) is 0 Å². The molecule has 28 heavy (non-hydrogen) atoms. The molecule has 1 N–H and O–H groups in total. The molecule has 0 spiro atoms. The lowest BCUT2D eigenvalue weighted by atomic mass is 10.0. The normalized spacial score (nSPS) is 14.4. The molecule has 3 nitrogen and oxygen atoms in total. The SMILES string of the molecule is C=C(Nc1cccc(OC(F)F)c1)c1ccc(N2CCCC2)c(C(F)(F)F)c1. The smallest absolute Gasteiger partial charge is 0.418 e. The molecule has 1 fully saturated rings. The molecular weight excluding hydrogens is 379 g/mol. The Hall–Kier alpha value is -2.77. The van der Waals surface area contributed by atoms with Crippen molar-refractivity contribution >= 4 is 17.1 Å². The highest BCUT2D eigenvalue weighted by Crippen LogP contribution is 2.39. The van der Waals surface area contributed by atoms with Crippen LogP contribution in [0.4, 0.5) is 33.3 Å². The van der Waals surface area contributed by atoms with E-state index in [1.54, 1.807) is 17.0 Å². The molecule has 0 atom stereocenters. The Labute approximate surface area is 159 Å². The van der Waals surface area contributed by atoms with Crippen molar-refractivity contribution in [1.29, 1.82) is 0 Å². The van der Waals surface area contributed by atoms with Crippen LogP contribution < -0.4 is 15.0 Å². The number of rotatable bonds is 6. The minimum absolute atomic E-state index is 0.0619. The third-order valence-corrected chi connectivity index (χ3v) is 4.45. The van der Waals surface area contributed by atoms with Crippen LogP contribution in [0.25, 0.3) is 5.70 Å². The first-order valence-corrected chi connectivity index (χ1v) is 8.71. The summed E-state index contributed by atoms with van der Waals surface area (Å²) in [6.07, 6.45) is -2.77. The van der Waals surface area contributed by atoms with Gasteiger partial charge in [0, 0.05) is 36.2 Å². The fraction of sp³-hybridized carbons (Fsp3) is 0.300. The Bertz CT molecular complexity index is 845. The summed E-state index contributed by atoms with van der Waals surface area (Å²) >= 11 is 0. The molecule has 0 aliphatic carbocycles. The number of nitrogens with zero attached hydrogens (tertiary/aromatic N) is 1. The van der Waals surface area contributed by atoms with Gasteiger partial charge in [0.1, 0.15) is 5.75 Å². The second-order valence-electron chi connectivity index (χ2n) is 6.43. The first-order valence-electron chi connectivity index (χ1n) is 8.71. The third-order valence-electron chi connectivity index (χ3n) is 4.45. The van der Waals surface area contributed by atoms with Crippen molar-refractivity contribution in [3.05, 3.63) is 60.2 Å². The van der Waals surface area contributed by atoms with E-state index in [0.717, 1.165) is 18.9 Å². The molecule has 0 aromatic heterocycles. The first kappa shape index (κ1) is 20.0. The van der Waals surface area contributed by atoms with Gasteiger partial charge in [-0.05, 0) is 42.7 Å². The van der Waals surface area contributed by atoms with Gasteiger partial charge in [-0.15, -0.1) is 0 Å². The van der Waals surface area contributed by atoms with Crippen LogP contribution >= 0.6 is 0 Å². The lowest BCUT2D eigenvalue weighted by Crippen LogP contribution is -2.22. The van der Waals surface area contributed by atoms with Gasteiger partial charge in [0.05, 0.1) is 5.56 Å². The molecule has 1 saturated heterocycles. The van der Waals surface area contributed by atoms with Gasteiger partial charge < -0.3 is 15.0 Å². The van der Waals surface area contributed by atoms with Crippen LogP contribution in [-0.4, -0.2) is 19.7 Å². The highest BCUT2D eigenvalue weighted by Gasteiger charge is 2.35. The predicted octanol–water partition coefficient (Wildman–Crippen LogP) is 5.99. The summed E-state index contributed by atoms with van der Waals surface area (Å²) < 4.78 is 69.7. The number of benzene rings is 2. The van der Waals surface area contributed by atoms with Gasteiger partial charge in [-0.25, -0.2) is 0 Å². The quantitative estimate of drug-likeness (QED) is 0.605. The molecule has 2 aromatic carbocycles. The van der Waals surface area contributed by atoms with Crippen LogP contribution in [0.3, 0.4) is 0 Å². The Morgan fingerprint density at radius 2 is 1.79 bits per heavy atom. The number of ether oxygens (including phenoxy) is 1. The van der Waals surface area contributed by atoms with E-state index in [4.69, 9.17) is 0 Å². The molecule has 8 heteroatoms. The van der Waals surface area contributed by atoms with Crippen LogP contribution in [0.2, 0.25) is 0 Å². The Morgan fingerprint density at radius 3 is 2.43 bits per heavy atom. The van der Waals surface area contributed by atoms with Crippen molar-refractivity contribution in [2.75, 3.05) is 23.3 Å². The van der Waals surface area contributed by atoms with Crippen LogP contribution in [0.1, 0.15) is 24.0 Å². The van der Waals surface area contributed by atoms with E-state index in [1.807, 2.05) is 0 Å². The lowest BCUT2D eigenvalue weighted by molar-refractivity contribution is -0.137. The van der Waals surface area contributed by atoms with E-state index in [2.05, 4.69) is 16.6 Å². The Balaban J connectivity index is 1.84. The predicted molar refractivity (Wildman–Crippen MR) is 98.6 cm³/mol. The van der Waals surface area contributed by atoms with E-state index >= 15 is 0 Å². The molecule has 1 aliphatic rings. The van der Waals surface area contributed by atoms with Crippen LogP contribution in [0.5, 0.6) is 5.75 Å². The summed E-state index contributed by atoms with van der Waals surface area (Å²) in [5.41, 5.74) is 0.293. The molecule has 150 valence electrons. The molecule has 0 bridgehead atoms. The fourth-order valence-electron chi connectivity index (χ4n) is 3.18. The summed E-state index contributed by atoms with van der Waals surface area (Å²) in [4.78, 5) is 1.73. The molecule has 0 unspecified atom stereocenters. The Kier molecular flexibility index (Phi) is 5.76. The highest BCUT2D eigenvalue weighted by molar-refractivity contribution is 5.77. The molecule has 2 aromatic rings. The van der Waals surface area contributed by atoms with Crippen molar-refractivity contribution < 1.29 is 26.7 Å². The summed E-state index contributed by atoms with van der Waals surface area (Å²) in [6, 6.07) is 9.82. The van der Waals surface area contributed by atoms with Crippen molar-refractivity contribution in [2.45, 2.75) is 25.6 Å². The van der Waals surface area contributed by atoms with E-state index < -0.39 is 18.4 Å². The van der Waals surface area contributed by atoms with Crippen molar-refractivity contribution in [1.82, 2.24) is 0 Å². The average Bonchev–Trinajstić information content (AvgIpc) is 3.14. The second kappa shape index (κ2) is 8.08. The second-order valence-corrected chi connectivity index (χ2v) is 6.43. The molecule has 3 rings (SSSR count). The van der Waals surface area contributed by atoms with Crippen molar-refractivity contribution in [3.8, 4) is 5.75 Å². The number of hydrogen-bond acceptors (Lipinski definition) is 3. The maximum absolute atomic E-state index is 13.6. The van der Waals surface area contributed by atoms with E-state index in [1.165, 1.54) is 24.3 Å². The van der Waals surface area contributed by atoms with Crippen LogP contribution in [-0.2, 0) is 6.18 Å². The standard InChI is InChI=1S/C20H19F5N2O/c1-13(26-15-5-4-6-16(12-15)28-19(21)22)14-7-8-18(27-9-2-3-10-27)17(11-14)20(23,24)25/h4-8,11-12,19,26H,1-3,9-10H2. The summed E-state index contributed by atoms with van der Waals surface area (Å²) in [6.45, 7) is 2.00. The zero-order valence-electron chi connectivity index (χ0n) is 14.9. The largest absolute Gasteiger partial charge is 0.435 e. The number of halogens is 5. The van der Waals surface area contributed by atoms with Gasteiger partial charge in [-0.2, -0.15) is 22.0 Å². The topological polar surface area (TPSA) is 24.5 Å². The zero-order valence-corrected chi connectivity index (χ0v) is 14.9. The third kappa shape index (κ3) is 4.74. The van der Waals surface area contributed by atoms with Crippen LogP contribution in [0, 0.1) is 0 Å². The molecule has 1 aliphatic heterocycles. The molecule has 0 saturated carbocycles. The molecule has 1 heterocycles. The first-order chi connectivity index (χ1) is 13.2. The lowest BCUT2D eigenvalue weighted by Gasteiger charge is -2.23. The minimum atomic E-state index is -4.50. The fourth-order valence-corrected chi connectivity index (χ4v) is 3.18. The Morgan fingerprint density at radius 1 is 1.07 bits per heavy atom. The van der Waals surface area contributed by atoms with Crippen LogP contribution in [0.15, 0.2) is 49.0 Å². The van der Waals surface area contributed by atoms with Gasteiger partial charge >= 0.3 is 12.8 Å². The van der Waals surface area contributed by atoms with Gasteiger partial charge in [-0.1, -0.05) is 18.7 Å². The summed E-state index contributed by atoms with van der Waals surface area (Å²) in [5, 5.41) is 2.84. The molecule has 0 amide bonds. The van der Waals surface area contributed by atoms with E-state index in [0.29, 0.717) is 18.8 Å². The number of nitrogens with one attached hydrogen (secondary N) is 1. The minimum Gasteiger partial charge on any atom is -0.435 e. The number of anilines is 2. The maximum Gasteiger partial charge on any atom is 0.418 e. The number of hydrogen-bond donors (Lipinski definition) is 1. The summed E-state index contributed by atoms with van der Waals surface area (Å²) in [7, 11) is 0. The zero-order chi connectivity index (χ0) is 20.3. The van der Waals surface area contributed by atoms with E-state index in [9.17, 15) is 22.0 Å². The van der Waals surface area contributed by atoms with Crippen molar-refractivity contribution in [2.24, 2.45) is 0 Å². The van der Waals surface area contributed by atoms with Gasteiger partial charge in [0.2, 0.25) is 0 Å². The summed E-state index contributed by atoms with van der Waals surface area (Å²) in [5.74, 6) is -0.0619. The molecule has 0 radical (unpaired) electrons. The number of alkyl halides is 5. The average molecular weight is 398 g/mol. The van der Waals surface area contributed by atoms with Gasteiger partial charge in [-0.3, -0.25) is 0 Å². The monoisotopic (exact) mass is 398 g/mol. The highest BCUT2D eigenvalue weighted by atomic mass is 19.4.